The van der Waals surface area contributed by atoms with Crippen molar-refractivity contribution < 1.29 is 4.79 Å². The van der Waals surface area contributed by atoms with Crippen LogP contribution in [0.25, 0.3) is 11.3 Å². The van der Waals surface area contributed by atoms with Crippen LogP contribution in [0.5, 0.6) is 0 Å². The lowest BCUT2D eigenvalue weighted by atomic mass is 10.1. The quantitative estimate of drug-likeness (QED) is 0.628. The van der Waals surface area contributed by atoms with Gasteiger partial charge in [0.1, 0.15) is 5.82 Å². The number of halogens is 2. The van der Waals surface area contributed by atoms with Crippen LogP contribution in [0, 0.1) is 0 Å². The van der Waals surface area contributed by atoms with E-state index in [1.807, 2.05) is 61.5 Å². The lowest BCUT2D eigenvalue weighted by molar-refractivity contribution is -0.115. The van der Waals surface area contributed by atoms with Crippen molar-refractivity contribution in [3.05, 3.63) is 70.2 Å². The highest BCUT2D eigenvalue weighted by atomic mass is 35.5. The molecule has 0 radical (unpaired) electrons. The van der Waals surface area contributed by atoms with E-state index >= 15 is 0 Å². The van der Waals surface area contributed by atoms with Crippen molar-refractivity contribution in [1.29, 1.82) is 0 Å². The Bertz CT molecular complexity index is 937. The SMILES string of the molecule is C[C@@H](NCC(=O)Nc1cc(-c2ccc(Cl)cc2)nn1C)c1ccccc1Cl. The Morgan fingerprint density at radius 2 is 1.85 bits per heavy atom. The van der Waals surface area contributed by atoms with Crippen LogP contribution in [0.1, 0.15) is 18.5 Å². The molecule has 3 aromatic rings. The molecule has 0 unspecified atom stereocenters. The van der Waals surface area contributed by atoms with Gasteiger partial charge in [-0.3, -0.25) is 9.48 Å². The summed E-state index contributed by atoms with van der Waals surface area (Å²) in [4.78, 5) is 12.3. The minimum Gasteiger partial charge on any atom is -0.310 e. The Kier molecular flexibility index (Phi) is 6.16. The van der Waals surface area contributed by atoms with Crippen molar-refractivity contribution in [1.82, 2.24) is 15.1 Å². The van der Waals surface area contributed by atoms with Crippen LogP contribution in [0.4, 0.5) is 5.82 Å². The van der Waals surface area contributed by atoms with Crippen LogP contribution < -0.4 is 10.6 Å². The number of carbonyl (C=O) groups is 1. The molecule has 3 rings (SSSR count). The molecule has 5 nitrogen and oxygen atoms in total. The van der Waals surface area contributed by atoms with Gasteiger partial charge in [-0.25, -0.2) is 0 Å². The van der Waals surface area contributed by atoms with Crippen molar-refractivity contribution in [2.75, 3.05) is 11.9 Å². The summed E-state index contributed by atoms with van der Waals surface area (Å²) in [5.74, 6) is 0.469. The van der Waals surface area contributed by atoms with Crippen LogP contribution >= 0.6 is 23.2 Å². The highest BCUT2D eigenvalue weighted by molar-refractivity contribution is 6.31. The van der Waals surface area contributed by atoms with E-state index in [1.165, 1.54) is 0 Å². The first-order valence-electron chi connectivity index (χ1n) is 8.51. The Morgan fingerprint density at radius 3 is 2.56 bits per heavy atom. The highest BCUT2D eigenvalue weighted by Gasteiger charge is 2.13. The number of aromatic nitrogens is 2. The molecule has 1 heterocycles. The Hall–Kier alpha value is -2.34. The smallest absolute Gasteiger partial charge is 0.239 e. The zero-order chi connectivity index (χ0) is 19.4. The van der Waals surface area contributed by atoms with Gasteiger partial charge in [-0.2, -0.15) is 5.10 Å². The number of anilines is 1. The minimum absolute atomic E-state index is 0.0411. The molecule has 1 atom stereocenters. The summed E-state index contributed by atoms with van der Waals surface area (Å²) in [5.41, 5.74) is 2.65. The summed E-state index contributed by atoms with van der Waals surface area (Å²) in [6.07, 6.45) is 0. The van der Waals surface area contributed by atoms with Gasteiger partial charge in [0, 0.05) is 34.8 Å². The molecule has 0 spiro atoms. The van der Waals surface area contributed by atoms with E-state index in [9.17, 15) is 4.79 Å². The second kappa shape index (κ2) is 8.57. The first-order valence-corrected chi connectivity index (χ1v) is 9.27. The van der Waals surface area contributed by atoms with E-state index in [4.69, 9.17) is 23.2 Å². The van der Waals surface area contributed by atoms with Gasteiger partial charge in [-0.15, -0.1) is 0 Å². The monoisotopic (exact) mass is 402 g/mol. The second-order valence-corrected chi connectivity index (χ2v) is 7.06. The van der Waals surface area contributed by atoms with Crippen LogP contribution in [0.2, 0.25) is 10.0 Å². The Balaban J connectivity index is 1.61. The predicted molar refractivity (Wildman–Crippen MR) is 110 cm³/mol. The Morgan fingerprint density at radius 1 is 1.15 bits per heavy atom. The fraction of sp³-hybridized carbons (Fsp3) is 0.200. The molecule has 0 saturated carbocycles. The molecule has 0 bridgehead atoms. The molecular weight excluding hydrogens is 383 g/mol. The number of nitrogens with zero attached hydrogens (tertiary/aromatic N) is 2. The summed E-state index contributed by atoms with van der Waals surface area (Å²) in [6.45, 7) is 2.13. The maximum Gasteiger partial charge on any atom is 0.239 e. The summed E-state index contributed by atoms with van der Waals surface area (Å²) in [6, 6.07) is 16.8. The third-order valence-electron chi connectivity index (χ3n) is 4.23. The summed E-state index contributed by atoms with van der Waals surface area (Å²) < 4.78 is 1.64. The van der Waals surface area contributed by atoms with Crippen LogP contribution in [0.3, 0.4) is 0 Å². The number of rotatable bonds is 6. The molecule has 2 N–H and O–H groups in total. The molecule has 7 heteroatoms. The van der Waals surface area contributed by atoms with Crippen LogP contribution in [-0.4, -0.2) is 22.2 Å². The van der Waals surface area contributed by atoms with Gasteiger partial charge in [-0.1, -0.05) is 53.5 Å². The third-order valence-corrected chi connectivity index (χ3v) is 4.82. The number of benzene rings is 2. The molecule has 0 aliphatic carbocycles. The van der Waals surface area contributed by atoms with E-state index in [1.54, 1.807) is 11.7 Å². The summed E-state index contributed by atoms with van der Waals surface area (Å²) in [7, 11) is 1.79. The van der Waals surface area contributed by atoms with Gasteiger partial charge in [0.25, 0.3) is 0 Å². The fourth-order valence-corrected chi connectivity index (χ4v) is 3.14. The predicted octanol–water partition coefficient (Wildman–Crippen LogP) is 4.68. The van der Waals surface area contributed by atoms with Gasteiger partial charge in [-0.05, 0) is 30.7 Å². The van der Waals surface area contributed by atoms with Crippen LogP contribution in [-0.2, 0) is 11.8 Å². The molecule has 140 valence electrons. The average molecular weight is 403 g/mol. The molecule has 0 fully saturated rings. The average Bonchev–Trinajstić information content (AvgIpc) is 3.01. The largest absolute Gasteiger partial charge is 0.310 e. The zero-order valence-electron chi connectivity index (χ0n) is 15.0. The van der Waals surface area contributed by atoms with Gasteiger partial charge in [0.05, 0.1) is 12.2 Å². The number of carbonyl (C=O) groups excluding carboxylic acids is 1. The van der Waals surface area contributed by atoms with Crippen molar-refractivity contribution in [3.8, 4) is 11.3 Å². The van der Waals surface area contributed by atoms with Gasteiger partial charge >= 0.3 is 0 Å². The van der Waals surface area contributed by atoms with Gasteiger partial charge in [0.15, 0.2) is 0 Å². The third kappa shape index (κ3) is 4.89. The number of nitrogens with one attached hydrogen (secondary N) is 2. The molecular formula is C20H20Cl2N4O. The van der Waals surface area contributed by atoms with Crippen LogP contribution in [0.15, 0.2) is 54.6 Å². The Labute approximate surface area is 168 Å². The summed E-state index contributed by atoms with van der Waals surface area (Å²) in [5, 5.41) is 11.8. The molecule has 1 amide bonds. The minimum atomic E-state index is -0.153. The normalized spacial score (nSPS) is 12.0. The maximum atomic E-state index is 12.3. The standard InChI is InChI=1S/C20H20Cl2N4O/c1-13(16-5-3-4-6-17(16)22)23-12-20(27)24-19-11-18(25-26(19)2)14-7-9-15(21)10-8-14/h3-11,13,23H,12H2,1-2H3,(H,24,27)/t13-/m1/s1. The zero-order valence-corrected chi connectivity index (χ0v) is 16.6. The van der Waals surface area contributed by atoms with Gasteiger partial charge < -0.3 is 10.6 Å². The molecule has 1 aromatic heterocycles. The van der Waals surface area contributed by atoms with E-state index in [0.29, 0.717) is 15.9 Å². The van der Waals surface area contributed by atoms with Gasteiger partial charge in [0.2, 0.25) is 5.91 Å². The highest BCUT2D eigenvalue weighted by Crippen LogP contribution is 2.24. The van der Waals surface area contributed by atoms with Crippen molar-refractivity contribution >= 4 is 34.9 Å². The molecule has 0 aliphatic rings. The lowest BCUT2D eigenvalue weighted by Crippen LogP contribution is -2.30. The number of aryl methyl sites for hydroxylation is 1. The summed E-state index contributed by atoms with van der Waals surface area (Å²) >= 11 is 12.1. The molecule has 0 saturated heterocycles. The van der Waals surface area contributed by atoms with E-state index in [0.717, 1.165) is 16.8 Å². The van der Waals surface area contributed by atoms with Crippen molar-refractivity contribution in [2.45, 2.75) is 13.0 Å². The fourth-order valence-electron chi connectivity index (χ4n) is 2.72. The van der Waals surface area contributed by atoms with E-state index in [-0.39, 0.29) is 18.5 Å². The molecule has 27 heavy (non-hydrogen) atoms. The number of hydrogen-bond donors (Lipinski definition) is 2. The number of hydrogen-bond acceptors (Lipinski definition) is 3. The van der Waals surface area contributed by atoms with Crippen molar-refractivity contribution in [2.24, 2.45) is 7.05 Å². The number of amides is 1. The van der Waals surface area contributed by atoms with Crippen molar-refractivity contribution in [3.63, 3.8) is 0 Å². The first kappa shape index (κ1) is 19.4. The molecule has 2 aromatic carbocycles. The second-order valence-electron chi connectivity index (χ2n) is 6.22. The maximum absolute atomic E-state index is 12.3. The van der Waals surface area contributed by atoms with E-state index < -0.39 is 0 Å². The lowest BCUT2D eigenvalue weighted by Gasteiger charge is -2.15. The topological polar surface area (TPSA) is 59.0 Å². The molecule has 0 aliphatic heterocycles. The van der Waals surface area contributed by atoms with E-state index in [2.05, 4.69) is 15.7 Å². The first-order chi connectivity index (χ1) is 12.9.